The van der Waals surface area contributed by atoms with Crippen molar-refractivity contribution < 1.29 is 0 Å². The maximum absolute atomic E-state index is 4.53. The van der Waals surface area contributed by atoms with Gasteiger partial charge in [-0.3, -0.25) is 5.10 Å². The number of para-hydroxylation sites is 1. The van der Waals surface area contributed by atoms with Crippen LogP contribution in [0.15, 0.2) is 72.8 Å². The minimum atomic E-state index is -0.00541. The van der Waals surface area contributed by atoms with E-state index in [1.54, 1.807) is 0 Å². The Bertz CT molecular complexity index is 1420. The van der Waals surface area contributed by atoms with Gasteiger partial charge in [-0.05, 0) is 50.1 Å². The summed E-state index contributed by atoms with van der Waals surface area (Å²) >= 11 is 0. The van der Waals surface area contributed by atoms with E-state index in [1.165, 1.54) is 32.9 Å². The van der Waals surface area contributed by atoms with Crippen LogP contribution < -0.4 is 0 Å². The molecule has 1 N–H and O–H groups in total. The second-order valence-corrected chi connectivity index (χ2v) is 10.7. The fourth-order valence-electron chi connectivity index (χ4n) is 4.56. The van der Waals surface area contributed by atoms with Gasteiger partial charge in [0.15, 0.2) is 0 Å². The van der Waals surface area contributed by atoms with Gasteiger partial charge in [0, 0.05) is 38.5 Å². The molecule has 0 saturated heterocycles. The fraction of sp³-hybridized carbons (Fsp3) is 0.276. The largest absolute Gasteiger partial charge is 0.335 e. The van der Waals surface area contributed by atoms with Crippen molar-refractivity contribution in [3.05, 3.63) is 78.5 Å². The number of aromatic amines is 1. The van der Waals surface area contributed by atoms with Crippen LogP contribution >= 0.6 is 0 Å². The maximum Gasteiger partial charge on any atom is 0.0923 e. The van der Waals surface area contributed by atoms with Gasteiger partial charge in [0.1, 0.15) is 0 Å². The summed E-state index contributed by atoms with van der Waals surface area (Å²) in [6.07, 6.45) is 0. The van der Waals surface area contributed by atoms with Crippen LogP contribution in [0, 0.1) is 0 Å². The molecular formula is C29H31N3. The van der Waals surface area contributed by atoms with Gasteiger partial charge in [-0.2, -0.15) is 5.10 Å². The van der Waals surface area contributed by atoms with E-state index in [9.17, 15) is 0 Å². The highest BCUT2D eigenvalue weighted by molar-refractivity contribution is 6.09. The monoisotopic (exact) mass is 421 g/mol. The number of nitrogens with one attached hydrogen (secondary N) is 1. The number of nitrogens with zero attached hydrogens (tertiary/aromatic N) is 2. The summed E-state index contributed by atoms with van der Waals surface area (Å²) in [4.78, 5) is 0. The number of benzene rings is 3. The number of H-pyrrole nitrogens is 1. The van der Waals surface area contributed by atoms with E-state index in [-0.39, 0.29) is 11.0 Å². The molecule has 0 atom stereocenters. The third-order valence-corrected chi connectivity index (χ3v) is 6.24. The second-order valence-electron chi connectivity index (χ2n) is 10.7. The first-order chi connectivity index (χ1) is 15.1. The van der Waals surface area contributed by atoms with Gasteiger partial charge in [0.2, 0.25) is 0 Å². The van der Waals surface area contributed by atoms with Gasteiger partial charge in [0.25, 0.3) is 0 Å². The average molecular weight is 422 g/mol. The van der Waals surface area contributed by atoms with Gasteiger partial charge >= 0.3 is 0 Å². The van der Waals surface area contributed by atoms with Gasteiger partial charge in [0.05, 0.1) is 11.2 Å². The maximum atomic E-state index is 4.53. The quantitative estimate of drug-likeness (QED) is 0.309. The Morgan fingerprint density at radius 3 is 1.94 bits per heavy atom. The third kappa shape index (κ3) is 3.42. The van der Waals surface area contributed by atoms with Gasteiger partial charge in [-0.25, -0.2) is 0 Å². The summed E-state index contributed by atoms with van der Waals surface area (Å²) in [7, 11) is 0. The van der Waals surface area contributed by atoms with Gasteiger partial charge in [-0.1, -0.05) is 75.4 Å². The molecule has 32 heavy (non-hydrogen) atoms. The van der Waals surface area contributed by atoms with Crippen LogP contribution in [0.2, 0.25) is 0 Å². The van der Waals surface area contributed by atoms with E-state index in [2.05, 4.69) is 129 Å². The molecule has 2 heterocycles. The Morgan fingerprint density at radius 2 is 1.28 bits per heavy atom. The van der Waals surface area contributed by atoms with Crippen molar-refractivity contribution in [3.63, 3.8) is 0 Å². The summed E-state index contributed by atoms with van der Waals surface area (Å²) in [5.41, 5.74) is 8.34. The molecule has 5 aromatic rings. The third-order valence-electron chi connectivity index (χ3n) is 6.24. The van der Waals surface area contributed by atoms with Gasteiger partial charge in [-0.15, -0.1) is 0 Å². The van der Waals surface area contributed by atoms with Crippen LogP contribution in [0.4, 0.5) is 0 Å². The van der Waals surface area contributed by atoms with Crippen LogP contribution in [-0.2, 0) is 11.0 Å². The summed E-state index contributed by atoms with van der Waals surface area (Å²) in [5, 5.41) is 10.3. The Kier molecular flexibility index (Phi) is 4.56. The molecule has 0 bridgehead atoms. The molecule has 0 spiro atoms. The van der Waals surface area contributed by atoms with E-state index in [0.29, 0.717) is 0 Å². The van der Waals surface area contributed by atoms with Crippen LogP contribution in [0.3, 0.4) is 0 Å². The highest BCUT2D eigenvalue weighted by Gasteiger charge is 2.21. The van der Waals surface area contributed by atoms with Crippen LogP contribution in [0.5, 0.6) is 0 Å². The highest BCUT2D eigenvalue weighted by Crippen LogP contribution is 2.36. The lowest BCUT2D eigenvalue weighted by Crippen LogP contribution is -2.21. The molecule has 0 radical (unpaired) electrons. The Labute approximate surface area is 190 Å². The zero-order valence-electron chi connectivity index (χ0n) is 19.8. The molecule has 3 aromatic carbocycles. The standard InChI is InChI=1S/C29H31N3/c1-28(2,3)27-18-24(30-31-27)20-13-11-19(12-14-20)21-15-16-23-22-9-7-8-10-25(22)32(26(23)17-21)29(4,5)6/h7-18H,1-6H3,(H,30,31). The van der Waals surface area contributed by atoms with E-state index in [4.69, 9.17) is 0 Å². The van der Waals surface area contributed by atoms with Crippen molar-refractivity contribution in [3.8, 4) is 22.4 Å². The minimum Gasteiger partial charge on any atom is -0.335 e. The normalized spacial score (nSPS) is 12.7. The number of hydrogen-bond donors (Lipinski definition) is 1. The van der Waals surface area contributed by atoms with Crippen molar-refractivity contribution in [2.45, 2.75) is 52.5 Å². The van der Waals surface area contributed by atoms with E-state index in [1.807, 2.05) is 0 Å². The average Bonchev–Trinajstić information content (AvgIpc) is 3.36. The molecule has 3 nitrogen and oxygen atoms in total. The summed E-state index contributed by atoms with van der Waals surface area (Å²) in [5.74, 6) is 0. The SMILES string of the molecule is CC(C)(C)c1cc(-c2ccc(-c3ccc4c5ccccc5n(C(C)(C)C)c4c3)cc2)n[nH]1. The second kappa shape index (κ2) is 7.09. The molecule has 162 valence electrons. The molecule has 0 saturated carbocycles. The van der Waals surface area contributed by atoms with Crippen molar-refractivity contribution in [1.82, 2.24) is 14.8 Å². The number of aromatic nitrogens is 3. The Morgan fingerprint density at radius 1 is 0.656 bits per heavy atom. The number of rotatable bonds is 2. The smallest absolute Gasteiger partial charge is 0.0923 e. The molecule has 3 heteroatoms. The van der Waals surface area contributed by atoms with E-state index in [0.717, 1.165) is 17.0 Å². The first kappa shape index (κ1) is 20.6. The number of fused-ring (bicyclic) bond motifs is 3. The molecule has 5 rings (SSSR count). The summed E-state index contributed by atoms with van der Waals surface area (Å²) in [6.45, 7) is 13.4. The van der Waals surface area contributed by atoms with Crippen molar-refractivity contribution in [2.75, 3.05) is 0 Å². The number of hydrogen-bond acceptors (Lipinski definition) is 1. The molecule has 0 aliphatic heterocycles. The first-order valence-corrected chi connectivity index (χ1v) is 11.3. The lowest BCUT2D eigenvalue weighted by Gasteiger charge is -2.24. The highest BCUT2D eigenvalue weighted by atomic mass is 15.1. The Balaban J connectivity index is 1.58. The van der Waals surface area contributed by atoms with E-state index < -0.39 is 0 Å². The van der Waals surface area contributed by atoms with Crippen LogP contribution in [-0.4, -0.2) is 14.8 Å². The molecule has 0 fully saturated rings. The molecule has 0 aliphatic rings. The van der Waals surface area contributed by atoms with Crippen LogP contribution in [0.1, 0.15) is 47.2 Å². The molecular weight excluding hydrogens is 390 g/mol. The lowest BCUT2D eigenvalue weighted by molar-refractivity contribution is 0.423. The minimum absolute atomic E-state index is 0.00541. The summed E-state index contributed by atoms with van der Waals surface area (Å²) < 4.78 is 2.47. The predicted octanol–water partition coefficient (Wildman–Crippen LogP) is 7.90. The molecule has 0 aliphatic carbocycles. The lowest BCUT2D eigenvalue weighted by atomic mass is 9.92. The Hall–Kier alpha value is -3.33. The van der Waals surface area contributed by atoms with E-state index >= 15 is 0 Å². The molecule has 0 amide bonds. The molecule has 2 aromatic heterocycles. The van der Waals surface area contributed by atoms with Crippen molar-refractivity contribution in [2.24, 2.45) is 0 Å². The topological polar surface area (TPSA) is 33.6 Å². The zero-order chi connectivity index (χ0) is 22.7. The first-order valence-electron chi connectivity index (χ1n) is 11.3. The zero-order valence-corrected chi connectivity index (χ0v) is 19.8. The summed E-state index contributed by atoms with van der Waals surface area (Å²) in [6, 6.07) is 26.4. The van der Waals surface area contributed by atoms with Crippen molar-refractivity contribution in [1.29, 1.82) is 0 Å². The predicted molar refractivity (Wildman–Crippen MR) is 136 cm³/mol. The van der Waals surface area contributed by atoms with Crippen molar-refractivity contribution >= 4 is 21.8 Å². The van der Waals surface area contributed by atoms with Crippen LogP contribution in [0.25, 0.3) is 44.2 Å². The van der Waals surface area contributed by atoms with Gasteiger partial charge < -0.3 is 4.57 Å². The molecule has 0 unspecified atom stereocenters. The fourth-order valence-corrected chi connectivity index (χ4v) is 4.56.